The van der Waals surface area contributed by atoms with Crippen LogP contribution in [0.4, 0.5) is 4.79 Å². The van der Waals surface area contributed by atoms with Crippen LogP contribution in [-0.4, -0.2) is 29.2 Å². The minimum absolute atomic E-state index is 0.0362. The summed E-state index contributed by atoms with van der Waals surface area (Å²) >= 11 is 0. The molecule has 0 spiro atoms. The van der Waals surface area contributed by atoms with Crippen LogP contribution in [0, 0.1) is 5.92 Å². The highest BCUT2D eigenvalue weighted by Crippen LogP contribution is 2.17. The van der Waals surface area contributed by atoms with Gasteiger partial charge in [0.2, 0.25) is 5.91 Å². The second-order valence-electron chi connectivity index (χ2n) is 5.15. The van der Waals surface area contributed by atoms with Crippen LogP contribution in [0.3, 0.4) is 0 Å². The third-order valence-corrected chi connectivity index (χ3v) is 3.29. The van der Waals surface area contributed by atoms with Crippen molar-refractivity contribution in [1.29, 1.82) is 0 Å². The zero-order valence-corrected chi connectivity index (χ0v) is 11.0. The van der Waals surface area contributed by atoms with Crippen LogP contribution >= 0.6 is 0 Å². The summed E-state index contributed by atoms with van der Waals surface area (Å²) in [6.07, 6.45) is 5.51. The van der Waals surface area contributed by atoms with Crippen LogP contribution in [0.2, 0.25) is 0 Å². The van der Waals surface area contributed by atoms with E-state index in [0.29, 0.717) is 0 Å². The van der Waals surface area contributed by atoms with Crippen molar-refractivity contribution in [3.63, 3.8) is 0 Å². The van der Waals surface area contributed by atoms with Crippen molar-refractivity contribution in [3.05, 3.63) is 0 Å². The number of hydrogen-bond acceptors (Lipinski definition) is 3. The Labute approximate surface area is 107 Å². The highest BCUT2D eigenvalue weighted by Gasteiger charge is 2.26. The first-order chi connectivity index (χ1) is 8.54. The van der Waals surface area contributed by atoms with Gasteiger partial charge in [-0.2, -0.15) is 0 Å². The molecule has 1 atom stereocenters. The Morgan fingerprint density at radius 1 is 1.17 bits per heavy atom. The molecule has 0 aromatic rings. The Kier molecular flexibility index (Phi) is 5.91. The smallest absolute Gasteiger partial charge is 0.339 e. The first-order valence-corrected chi connectivity index (χ1v) is 6.55. The fourth-order valence-electron chi connectivity index (χ4n) is 2.25. The Balaban J connectivity index is 2.50. The van der Waals surface area contributed by atoms with Crippen LogP contribution < -0.4 is 16.1 Å². The average Bonchev–Trinajstić information content (AvgIpc) is 2.36. The number of rotatable bonds is 4. The molecule has 0 saturated heterocycles. The van der Waals surface area contributed by atoms with E-state index < -0.39 is 12.1 Å². The fourth-order valence-corrected chi connectivity index (χ4v) is 2.25. The van der Waals surface area contributed by atoms with E-state index in [1.807, 2.05) is 13.8 Å². The van der Waals surface area contributed by atoms with E-state index in [0.717, 1.165) is 25.7 Å². The Morgan fingerprint density at radius 3 is 2.28 bits per heavy atom. The maximum Gasteiger partial charge on any atom is 0.339 e. The van der Waals surface area contributed by atoms with Crippen molar-refractivity contribution >= 4 is 11.9 Å². The van der Waals surface area contributed by atoms with Gasteiger partial charge in [-0.15, -0.1) is 0 Å². The molecular weight excluding hydrogens is 234 g/mol. The molecule has 6 heteroatoms. The molecule has 0 bridgehead atoms. The Morgan fingerprint density at radius 2 is 1.78 bits per heavy atom. The zero-order chi connectivity index (χ0) is 13.5. The van der Waals surface area contributed by atoms with E-state index in [2.05, 4.69) is 10.6 Å². The molecule has 0 radical (unpaired) electrons. The molecule has 0 unspecified atom stereocenters. The van der Waals surface area contributed by atoms with E-state index in [4.69, 9.17) is 5.21 Å². The lowest BCUT2D eigenvalue weighted by Crippen LogP contribution is -2.54. The van der Waals surface area contributed by atoms with Crippen molar-refractivity contribution in [3.8, 4) is 0 Å². The van der Waals surface area contributed by atoms with Gasteiger partial charge in [-0.1, -0.05) is 33.1 Å². The van der Waals surface area contributed by atoms with E-state index in [1.54, 1.807) is 0 Å². The predicted molar refractivity (Wildman–Crippen MR) is 67.1 cm³/mol. The molecule has 1 saturated carbocycles. The molecule has 0 aliphatic heterocycles. The SMILES string of the molecule is CC(C)[C@H](NC(=O)NO)C(=O)NC1CCCCC1. The van der Waals surface area contributed by atoms with E-state index >= 15 is 0 Å². The monoisotopic (exact) mass is 257 g/mol. The van der Waals surface area contributed by atoms with Crippen LogP contribution in [0.15, 0.2) is 0 Å². The molecule has 3 amide bonds. The van der Waals surface area contributed by atoms with Crippen LogP contribution in [0.25, 0.3) is 0 Å². The van der Waals surface area contributed by atoms with Gasteiger partial charge in [0.1, 0.15) is 6.04 Å². The number of nitrogens with one attached hydrogen (secondary N) is 3. The van der Waals surface area contributed by atoms with Crippen LogP contribution in [0.5, 0.6) is 0 Å². The quantitative estimate of drug-likeness (QED) is 0.450. The lowest BCUT2D eigenvalue weighted by atomic mass is 9.94. The number of amides is 3. The lowest BCUT2D eigenvalue weighted by Gasteiger charge is -2.27. The number of hydrogen-bond donors (Lipinski definition) is 4. The van der Waals surface area contributed by atoms with Gasteiger partial charge >= 0.3 is 6.03 Å². The summed E-state index contributed by atoms with van der Waals surface area (Å²) in [5.41, 5.74) is 1.48. The van der Waals surface area contributed by atoms with Gasteiger partial charge in [0, 0.05) is 6.04 Å². The molecule has 1 rings (SSSR count). The van der Waals surface area contributed by atoms with Crippen LogP contribution in [-0.2, 0) is 4.79 Å². The maximum atomic E-state index is 12.1. The second kappa shape index (κ2) is 7.20. The van der Waals surface area contributed by atoms with Gasteiger partial charge in [0.25, 0.3) is 0 Å². The van der Waals surface area contributed by atoms with Crippen molar-refractivity contribution in [2.45, 2.75) is 58.0 Å². The molecule has 0 aromatic carbocycles. The summed E-state index contributed by atoms with van der Waals surface area (Å²) in [4.78, 5) is 23.1. The zero-order valence-electron chi connectivity index (χ0n) is 11.0. The largest absolute Gasteiger partial charge is 0.352 e. The highest BCUT2D eigenvalue weighted by atomic mass is 16.5. The molecule has 6 nitrogen and oxygen atoms in total. The maximum absolute atomic E-state index is 12.1. The van der Waals surface area contributed by atoms with Gasteiger partial charge in [0.05, 0.1) is 0 Å². The van der Waals surface area contributed by atoms with Gasteiger partial charge in [0.15, 0.2) is 0 Å². The summed E-state index contributed by atoms with van der Waals surface area (Å²) in [5.74, 6) is -0.216. The third kappa shape index (κ3) is 4.52. The lowest BCUT2D eigenvalue weighted by molar-refractivity contribution is -0.124. The molecule has 0 aromatic heterocycles. The summed E-state index contributed by atoms with van der Waals surface area (Å²) in [6, 6.07) is -1.17. The minimum Gasteiger partial charge on any atom is -0.352 e. The van der Waals surface area contributed by atoms with E-state index in [9.17, 15) is 9.59 Å². The summed E-state index contributed by atoms with van der Waals surface area (Å²) in [5, 5.41) is 13.9. The molecule has 18 heavy (non-hydrogen) atoms. The molecular formula is C12H23N3O3. The van der Waals surface area contributed by atoms with Gasteiger partial charge in [-0.05, 0) is 18.8 Å². The average molecular weight is 257 g/mol. The summed E-state index contributed by atoms with van der Waals surface area (Å²) < 4.78 is 0. The van der Waals surface area contributed by atoms with Crippen molar-refractivity contribution in [1.82, 2.24) is 16.1 Å². The first kappa shape index (κ1) is 14.8. The topological polar surface area (TPSA) is 90.5 Å². The minimum atomic E-state index is -0.757. The standard InChI is InChI=1S/C12H23N3O3/c1-8(2)10(14-12(17)15-18)11(16)13-9-6-4-3-5-7-9/h8-10,18H,3-7H2,1-2H3,(H,13,16)(H2,14,15,17)/t10-/m0/s1. The number of carbonyl (C=O) groups is 2. The van der Waals surface area contributed by atoms with Crippen molar-refractivity contribution < 1.29 is 14.8 Å². The third-order valence-electron chi connectivity index (χ3n) is 3.29. The van der Waals surface area contributed by atoms with E-state index in [1.165, 1.54) is 11.9 Å². The number of carbonyl (C=O) groups excluding carboxylic acids is 2. The molecule has 1 fully saturated rings. The molecule has 1 aliphatic carbocycles. The molecule has 104 valence electrons. The van der Waals surface area contributed by atoms with Crippen LogP contribution in [0.1, 0.15) is 46.0 Å². The number of urea groups is 1. The highest BCUT2D eigenvalue weighted by molar-refractivity contribution is 5.87. The van der Waals surface area contributed by atoms with E-state index in [-0.39, 0.29) is 17.9 Å². The van der Waals surface area contributed by atoms with Gasteiger partial charge in [-0.3, -0.25) is 10.0 Å². The molecule has 1 aliphatic rings. The molecule has 4 N–H and O–H groups in total. The predicted octanol–water partition coefficient (Wildman–Crippen LogP) is 1.15. The first-order valence-electron chi connectivity index (χ1n) is 6.55. The van der Waals surface area contributed by atoms with Crippen molar-refractivity contribution in [2.75, 3.05) is 0 Å². The summed E-state index contributed by atoms with van der Waals surface area (Å²) in [6.45, 7) is 3.70. The van der Waals surface area contributed by atoms with Gasteiger partial charge < -0.3 is 10.6 Å². The number of hydroxylamine groups is 1. The van der Waals surface area contributed by atoms with Crippen molar-refractivity contribution in [2.24, 2.45) is 5.92 Å². The second-order valence-corrected chi connectivity index (χ2v) is 5.15. The fraction of sp³-hybridized carbons (Fsp3) is 0.833. The normalized spacial score (nSPS) is 18.2. The van der Waals surface area contributed by atoms with Gasteiger partial charge in [-0.25, -0.2) is 10.3 Å². The molecule has 0 heterocycles. The Bertz CT molecular complexity index is 288. The Hall–Kier alpha value is -1.30. The summed E-state index contributed by atoms with van der Waals surface area (Å²) in [7, 11) is 0.